The molecule has 1 rings (SSSR count). The van der Waals surface area contributed by atoms with Gasteiger partial charge >= 0.3 is 5.97 Å². The summed E-state index contributed by atoms with van der Waals surface area (Å²) in [7, 11) is 0. The number of aliphatic carboxylic acids is 1. The van der Waals surface area contributed by atoms with Crippen molar-refractivity contribution in [2.24, 2.45) is 5.73 Å². The second-order valence-electron chi connectivity index (χ2n) is 8.34. The van der Waals surface area contributed by atoms with E-state index in [1.165, 1.54) is 13.8 Å². The van der Waals surface area contributed by atoms with Crippen molar-refractivity contribution in [1.29, 1.82) is 0 Å². The topological polar surface area (TPSA) is 287 Å². The van der Waals surface area contributed by atoms with E-state index in [2.05, 4.69) is 16.0 Å². The number of nitrogens with one attached hydrogen (secondary N) is 3. The summed E-state index contributed by atoms with van der Waals surface area (Å²) in [5.41, 5.74) is 5.16. The second kappa shape index (κ2) is 14.7. The van der Waals surface area contributed by atoms with Crippen LogP contribution in [0.1, 0.15) is 26.7 Å². The number of aliphatic hydroxyl groups is 5. The molecule has 1 saturated heterocycles. The third kappa shape index (κ3) is 9.47. The molecule has 17 heteroatoms. The van der Waals surface area contributed by atoms with E-state index in [4.69, 9.17) is 25.4 Å². The lowest BCUT2D eigenvalue weighted by Gasteiger charge is -2.43. The fraction of sp³-hybridized carbons (Fsp3) is 0.750. The van der Waals surface area contributed by atoms with Gasteiger partial charge < -0.3 is 61.8 Å². The van der Waals surface area contributed by atoms with Crippen LogP contribution in [-0.2, 0) is 33.4 Å². The lowest BCUT2D eigenvalue weighted by molar-refractivity contribution is -0.266. The molecule has 1 heterocycles. The summed E-state index contributed by atoms with van der Waals surface area (Å²) < 4.78 is 10.5. The minimum Gasteiger partial charge on any atom is -0.481 e. The number of carboxylic acid groups (broad SMARTS) is 1. The van der Waals surface area contributed by atoms with Crippen molar-refractivity contribution in [2.75, 3.05) is 13.2 Å². The Labute approximate surface area is 210 Å². The van der Waals surface area contributed by atoms with Gasteiger partial charge in [-0.25, -0.2) is 0 Å². The van der Waals surface area contributed by atoms with Crippen molar-refractivity contribution in [3.63, 3.8) is 0 Å². The van der Waals surface area contributed by atoms with E-state index in [9.17, 15) is 44.4 Å². The average Bonchev–Trinajstić information content (AvgIpc) is 2.84. The fourth-order valence-corrected chi connectivity index (χ4v) is 3.29. The first kappa shape index (κ1) is 32.1. The number of carbonyl (C=O) groups excluding carboxylic acids is 4. The highest BCUT2D eigenvalue weighted by Crippen LogP contribution is 2.24. The van der Waals surface area contributed by atoms with Gasteiger partial charge in [0.2, 0.25) is 17.7 Å². The first-order valence-electron chi connectivity index (χ1n) is 11.2. The number of hydrogen-bond donors (Lipinski definition) is 10. The predicted octanol–water partition coefficient (Wildman–Crippen LogP) is -5.99. The summed E-state index contributed by atoms with van der Waals surface area (Å²) in [6.45, 7) is 0.750. The number of hydrogen-bond acceptors (Lipinski definition) is 12. The maximum atomic E-state index is 12.6. The molecule has 0 aromatic carbocycles. The van der Waals surface area contributed by atoms with Gasteiger partial charge in [-0.05, 0) is 20.3 Å². The van der Waals surface area contributed by atoms with Crippen molar-refractivity contribution < 1.29 is 64.1 Å². The Morgan fingerprint density at radius 3 is 2.16 bits per heavy atom. The van der Waals surface area contributed by atoms with Crippen LogP contribution in [0.2, 0.25) is 0 Å². The maximum Gasteiger partial charge on any atom is 0.303 e. The Bertz CT molecular complexity index is 828. The molecular formula is C20H34N4O13. The van der Waals surface area contributed by atoms with Crippen LogP contribution in [-0.4, -0.2) is 128 Å². The number of rotatable bonds is 14. The van der Waals surface area contributed by atoms with Crippen molar-refractivity contribution >= 4 is 29.6 Å². The summed E-state index contributed by atoms with van der Waals surface area (Å²) in [6, 6.07) is -4.10. The van der Waals surface area contributed by atoms with Crippen molar-refractivity contribution in [1.82, 2.24) is 16.0 Å². The van der Waals surface area contributed by atoms with Gasteiger partial charge in [0.05, 0.1) is 13.2 Å². The van der Waals surface area contributed by atoms with Gasteiger partial charge in [-0.2, -0.15) is 0 Å². The third-order valence-corrected chi connectivity index (χ3v) is 5.45. The smallest absolute Gasteiger partial charge is 0.303 e. The molecule has 0 radical (unpaired) electrons. The van der Waals surface area contributed by atoms with Crippen LogP contribution < -0.4 is 21.7 Å². The molecule has 0 spiro atoms. The normalized spacial score (nSPS) is 26.7. The molecule has 9 atom stereocenters. The Morgan fingerprint density at radius 1 is 1.03 bits per heavy atom. The zero-order chi connectivity index (χ0) is 28.4. The molecule has 4 amide bonds. The summed E-state index contributed by atoms with van der Waals surface area (Å²) in [6.07, 6.45) is -10.5. The minimum atomic E-state index is -1.87. The highest BCUT2D eigenvalue weighted by atomic mass is 16.6. The van der Waals surface area contributed by atoms with Gasteiger partial charge in [0.15, 0.2) is 12.4 Å². The SMILES string of the molecule is CC(NC(=O)C(C)O[C@H]1[C@H](O)[C@@H](CO)OC(O)[C@@H]1NC(=O)C(O)CO)C(=O)NC(CCC(=O)O)C(N)=O. The summed E-state index contributed by atoms with van der Waals surface area (Å²) >= 11 is 0. The first-order chi connectivity index (χ1) is 17.2. The average molecular weight is 539 g/mol. The lowest BCUT2D eigenvalue weighted by atomic mass is 9.96. The summed E-state index contributed by atoms with van der Waals surface area (Å²) in [5, 5.41) is 63.9. The van der Waals surface area contributed by atoms with Crippen LogP contribution in [0.15, 0.2) is 0 Å². The van der Waals surface area contributed by atoms with Crippen LogP contribution in [0.4, 0.5) is 0 Å². The molecule has 5 unspecified atom stereocenters. The monoisotopic (exact) mass is 538 g/mol. The molecule has 212 valence electrons. The summed E-state index contributed by atoms with van der Waals surface area (Å²) in [4.78, 5) is 59.1. The van der Waals surface area contributed by atoms with E-state index in [-0.39, 0.29) is 6.42 Å². The van der Waals surface area contributed by atoms with Crippen molar-refractivity contribution in [3.05, 3.63) is 0 Å². The lowest BCUT2D eigenvalue weighted by Crippen LogP contribution is -2.66. The molecule has 1 fully saturated rings. The number of carboxylic acids is 1. The highest BCUT2D eigenvalue weighted by Gasteiger charge is 2.47. The predicted molar refractivity (Wildman–Crippen MR) is 119 cm³/mol. The van der Waals surface area contributed by atoms with Gasteiger partial charge in [-0.3, -0.25) is 24.0 Å². The van der Waals surface area contributed by atoms with E-state index in [0.717, 1.165) is 0 Å². The molecule has 0 aliphatic carbocycles. The molecule has 0 saturated carbocycles. The van der Waals surface area contributed by atoms with Crippen LogP contribution in [0, 0.1) is 0 Å². The highest BCUT2D eigenvalue weighted by molar-refractivity contribution is 5.92. The number of aliphatic hydroxyl groups excluding tert-OH is 5. The van der Waals surface area contributed by atoms with E-state index in [1.807, 2.05) is 0 Å². The number of primary amides is 1. The molecule has 0 aromatic rings. The molecule has 37 heavy (non-hydrogen) atoms. The van der Waals surface area contributed by atoms with Crippen molar-refractivity contribution in [3.8, 4) is 0 Å². The summed E-state index contributed by atoms with van der Waals surface area (Å²) in [5.74, 6) is -5.10. The molecule has 0 aromatic heterocycles. The maximum absolute atomic E-state index is 12.6. The molecular weight excluding hydrogens is 504 g/mol. The molecule has 1 aliphatic rings. The van der Waals surface area contributed by atoms with E-state index in [1.54, 1.807) is 0 Å². The second-order valence-corrected chi connectivity index (χ2v) is 8.34. The zero-order valence-corrected chi connectivity index (χ0v) is 20.1. The standard InChI is InChI=1S/C20H34N4O13/c1-7(17(32)23-9(16(21)31)3-4-12(28)29)22-18(33)8(2)36-15-13(24-19(34)10(27)5-25)20(35)37-11(6-26)14(15)30/h7-11,13-15,20,25-27,30,35H,3-6H2,1-2H3,(H2,21,31)(H,22,33)(H,23,32)(H,24,34)(H,28,29)/t7?,8?,9?,10?,11-,13-,14-,15-,20?/m1/s1. The van der Waals surface area contributed by atoms with Crippen LogP contribution in [0.5, 0.6) is 0 Å². The van der Waals surface area contributed by atoms with Gasteiger partial charge in [-0.1, -0.05) is 0 Å². The van der Waals surface area contributed by atoms with E-state index >= 15 is 0 Å². The van der Waals surface area contributed by atoms with Gasteiger partial charge in [0.1, 0.15) is 42.5 Å². The number of amides is 4. The minimum absolute atomic E-state index is 0.273. The van der Waals surface area contributed by atoms with Gasteiger partial charge in [0, 0.05) is 6.42 Å². The van der Waals surface area contributed by atoms with Crippen molar-refractivity contribution in [2.45, 2.75) is 81.6 Å². The van der Waals surface area contributed by atoms with Crippen LogP contribution in [0.25, 0.3) is 0 Å². The number of nitrogens with two attached hydrogens (primary N) is 1. The quantitative estimate of drug-likeness (QED) is 0.0986. The van der Waals surface area contributed by atoms with E-state index < -0.39 is 104 Å². The largest absolute Gasteiger partial charge is 0.481 e. The van der Waals surface area contributed by atoms with Gasteiger partial charge in [0.25, 0.3) is 5.91 Å². The fourth-order valence-electron chi connectivity index (χ4n) is 3.29. The molecule has 1 aliphatic heterocycles. The number of carbonyl (C=O) groups is 5. The molecule has 0 bridgehead atoms. The zero-order valence-electron chi connectivity index (χ0n) is 20.1. The Balaban J connectivity index is 2.89. The molecule has 17 nitrogen and oxygen atoms in total. The third-order valence-electron chi connectivity index (χ3n) is 5.45. The Kier molecular flexibility index (Phi) is 12.8. The first-order valence-corrected chi connectivity index (χ1v) is 11.2. The Hall–Kier alpha value is -2.93. The number of ether oxygens (including phenoxy) is 2. The van der Waals surface area contributed by atoms with Crippen LogP contribution >= 0.6 is 0 Å². The Morgan fingerprint density at radius 2 is 1.65 bits per heavy atom. The van der Waals surface area contributed by atoms with Crippen LogP contribution in [0.3, 0.4) is 0 Å². The van der Waals surface area contributed by atoms with E-state index in [0.29, 0.717) is 0 Å². The molecule has 11 N–H and O–H groups in total. The van der Waals surface area contributed by atoms with Gasteiger partial charge in [-0.15, -0.1) is 0 Å².